The lowest BCUT2D eigenvalue weighted by Crippen LogP contribution is -2.36. The highest BCUT2D eigenvalue weighted by Gasteiger charge is 2.23. The molecule has 0 fully saturated rings. The maximum absolute atomic E-state index is 5.67. The summed E-state index contributed by atoms with van der Waals surface area (Å²) in [7, 11) is 0. The second-order valence-corrected chi connectivity index (χ2v) is 6.59. The van der Waals surface area contributed by atoms with Gasteiger partial charge in [-0.3, -0.25) is 0 Å². The molecule has 0 radical (unpaired) electrons. The molecule has 0 saturated carbocycles. The van der Waals surface area contributed by atoms with Gasteiger partial charge in [-0.25, -0.2) is 0 Å². The van der Waals surface area contributed by atoms with E-state index in [1.54, 1.807) is 0 Å². The van der Waals surface area contributed by atoms with E-state index in [9.17, 15) is 0 Å². The van der Waals surface area contributed by atoms with Crippen molar-refractivity contribution in [1.82, 2.24) is 5.32 Å². The van der Waals surface area contributed by atoms with Crippen LogP contribution in [0.5, 0.6) is 5.75 Å². The molecule has 0 aliphatic carbocycles. The molecular weight excluding hydrogens is 230 g/mol. The van der Waals surface area contributed by atoms with Gasteiger partial charge in [-0.15, -0.1) is 0 Å². The van der Waals surface area contributed by atoms with Crippen LogP contribution in [0.25, 0.3) is 0 Å². The second-order valence-electron chi connectivity index (χ2n) is 5.07. The molecule has 0 saturated heterocycles. The van der Waals surface area contributed by atoms with Crippen molar-refractivity contribution in [3.63, 3.8) is 0 Å². The Balaban J connectivity index is 2.04. The van der Waals surface area contributed by atoms with Crippen molar-refractivity contribution < 1.29 is 4.74 Å². The molecule has 17 heavy (non-hydrogen) atoms. The minimum absolute atomic E-state index is 0.285. The van der Waals surface area contributed by atoms with Crippen LogP contribution < -0.4 is 10.1 Å². The van der Waals surface area contributed by atoms with Gasteiger partial charge in [0.25, 0.3) is 0 Å². The van der Waals surface area contributed by atoms with Gasteiger partial charge in [-0.1, -0.05) is 18.2 Å². The van der Waals surface area contributed by atoms with E-state index in [4.69, 9.17) is 4.74 Å². The number of benzene rings is 1. The fourth-order valence-electron chi connectivity index (χ4n) is 2.00. The Hall–Kier alpha value is -0.670. The highest BCUT2D eigenvalue weighted by atomic mass is 32.2. The van der Waals surface area contributed by atoms with Crippen molar-refractivity contribution in [2.45, 2.75) is 31.1 Å². The first-order chi connectivity index (χ1) is 8.12. The summed E-state index contributed by atoms with van der Waals surface area (Å²) < 4.78 is 5.95. The van der Waals surface area contributed by atoms with Crippen LogP contribution in [-0.4, -0.2) is 24.2 Å². The minimum Gasteiger partial charge on any atom is -0.493 e. The third-order valence-corrected chi connectivity index (χ3v) is 4.53. The fourth-order valence-corrected chi connectivity index (χ4v) is 2.22. The van der Waals surface area contributed by atoms with E-state index in [1.165, 1.54) is 5.56 Å². The summed E-state index contributed by atoms with van der Waals surface area (Å²) >= 11 is 1.90. The van der Waals surface area contributed by atoms with Gasteiger partial charge in [-0.2, -0.15) is 11.8 Å². The molecule has 2 rings (SSSR count). The van der Waals surface area contributed by atoms with Crippen LogP contribution in [0.4, 0.5) is 0 Å². The number of nitrogens with one attached hydrogen (secondary N) is 1. The van der Waals surface area contributed by atoms with Gasteiger partial charge < -0.3 is 10.1 Å². The molecule has 2 nitrogen and oxygen atoms in total. The quantitative estimate of drug-likeness (QED) is 0.887. The topological polar surface area (TPSA) is 21.3 Å². The number of para-hydroxylation sites is 1. The van der Waals surface area contributed by atoms with E-state index in [1.807, 2.05) is 17.8 Å². The lowest BCUT2D eigenvalue weighted by atomic mass is 10.00. The summed E-state index contributed by atoms with van der Waals surface area (Å²) in [5, 5.41) is 3.67. The monoisotopic (exact) mass is 251 g/mol. The summed E-state index contributed by atoms with van der Waals surface area (Å²) in [4.78, 5) is 0. The molecule has 94 valence electrons. The van der Waals surface area contributed by atoms with E-state index in [0.29, 0.717) is 6.04 Å². The predicted octanol–water partition coefficient (Wildman–Crippen LogP) is 3.24. The number of rotatable bonds is 4. The van der Waals surface area contributed by atoms with Gasteiger partial charge in [-0.05, 0) is 26.2 Å². The second kappa shape index (κ2) is 5.32. The first-order valence-electron chi connectivity index (χ1n) is 6.13. The van der Waals surface area contributed by atoms with Gasteiger partial charge in [0.1, 0.15) is 5.75 Å². The molecule has 1 aliphatic heterocycles. The van der Waals surface area contributed by atoms with Crippen LogP contribution in [0.2, 0.25) is 0 Å². The van der Waals surface area contributed by atoms with Crippen LogP contribution in [0.1, 0.15) is 31.9 Å². The lowest BCUT2D eigenvalue weighted by molar-refractivity contribution is 0.251. The Morgan fingerprint density at radius 1 is 1.41 bits per heavy atom. The molecule has 0 aromatic heterocycles. The molecule has 0 amide bonds. The molecule has 1 atom stereocenters. The molecule has 1 N–H and O–H groups in total. The SMILES string of the molecule is CSC(C)(C)CNC1CCOc2ccccc21. The van der Waals surface area contributed by atoms with Gasteiger partial charge in [0.15, 0.2) is 0 Å². The molecule has 0 bridgehead atoms. The smallest absolute Gasteiger partial charge is 0.124 e. The molecule has 1 heterocycles. The third kappa shape index (κ3) is 3.17. The Morgan fingerprint density at radius 3 is 2.94 bits per heavy atom. The van der Waals surface area contributed by atoms with Crippen molar-refractivity contribution >= 4 is 11.8 Å². The molecule has 1 aromatic carbocycles. The Kier molecular flexibility index (Phi) is 4.00. The minimum atomic E-state index is 0.285. The summed E-state index contributed by atoms with van der Waals surface area (Å²) in [5.41, 5.74) is 1.30. The molecule has 3 heteroatoms. The van der Waals surface area contributed by atoms with Crippen LogP contribution >= 0.6 is 11.8 Å². The third-order valence-electron chi connectivity index (χ3n) is 3.29. The Labute approximate surface area is 108 Å². The van der Waals surface area contributed by atoms with E-state index >= 15 is 0 Å². The van der Waals surface area contributed by atoms with Crippen LogP contribution in [0.3, 0.4) is 0 Å². The Morgan fingerprint density at radius 2 is 2.18 bits per heavy atom. The zero-order valence-electron chi connectivity index (χ0n) is 10.8. The average molecular weight is 251 g/mol. The van der Waals surface area contributed by atoms with Gasteiger partial charge in [0.05, 0.1) is 6.61 Å². The highest BCUT2D eigenvalue weighted by Crippen LogP contribution is 2.32. The lowest BCUT2D eigenvalue weighted by Gasteiger charge is -2.30. The first kappa shape index (κ1) is 12.8. The molecule has 1 aliphatic rings. The van der Waals surface area contributed by atoms with Crippen molar-refractivity contribution in [1.29, 1.82) is 0 Å². The summed E-state index contributed by atoms with van der Waals surface area (Å²) in [6, 6.07) is 8.78. The first-order valence-corrected chi connectivity index (χ1v) is 7.35. The number of hydrogen-bond acceptors (Lipinski definition) is 3. The Bertz CT molecular complexity index is 378. The van der Waals surface area contributed by atoms with Gasteiger partial charge in [0, 0.05) is 29.3 Å². The normalized spacial score (nSPS) is 19.6. The summed E-state index contributed by atoms with van der Waals surface area (Å²) in [5.74, 6) is 1.04. The number of ether oxygens (including phenoxy) is 1. The zero-order chi connectivity index (χ0) is 12.3. The average Bonchev–Trinajstić information content (AvgIpc) is 2.36. The van der Waals surface area contributed by atoms with Crippen molar-refractivity contribution in [2.75, 3.05) is 19.4 Å². The van der Waals surface area contributed by atoms with E-state index in [0.717, 1.165) is 25.3 Å². The number of thioether (sulfide) groups is 1. The van der Waals surface area contributed by atoms with Crippen molar-refractivity contribution in [3.8, 4) is 5.75 Å². The zero-order valence-corrected chi connectivity index (χ0v) is 11.6. The van der Waals surface area contributed by atoms with Crippen LogP contribution in [0, 0.1) is 0 Å². The largest absolute Gasteiger partial charge is 0.493 e. The van der Waals surface area contributed by atoms with E-state index in [-0.39, 0.29) is 4.75 Å². The molecule has 0 spiro atoms. The van der Waals surface area contributed by atoms with Crippen molar-refractivity contribution in [3.05, 3.63) is 29.8 Å². The van der Waals surface area contributed by atoms with E-state index < -0.39 is 0 Å². The van der Waals surface area contributed by atoms with E-state index in [2.05, 4.69) is 43.6 Å². The summed E-state index contributed by atoms with van der Waals surface area (Å²) in [6.07, 6.45) is 3.22. The number of fused-ring (bicyclic) bond motifs is 1. The number of hydrogen-bond donors (Lipinski definition) is 1. The van der Waals surface area contributed by atoms with Crippen LogP contribution in [-0.2, 0) is 0 Å². The van der Waals surface area contributed by atoms with Crippen molar-refractivity contribution in [2.24, 2.45) is 0 Å². The maximum atomic E-state index is 5.67. The molecule has 1 aromatic rings. The van der Waals surface area contributed by atoms with Gasteiger partial charge in [0.2, 0.25) is 0 Å². The fraction of sp³-hybridized carbons (Fsp3) is 0.571. The standard InChI is InChI=1S/C14H21NOS/c1-14(2,17-3)10-15-12-8-9-16-13-7-5-4-6-11(12)13/h4-7,12,15H,8-10H2,1-3H3. The summed E-state index contributed by atoms with van der Waals surface area (Å²) in [6.45, 7) is 6.38. The molecule has 1 unspecified atom stereocenters. The van der Waals surface area contributed by atoms with Crippen LogP contribution in [0.15, 0.2) is 24.3 Å². The maximum Gasteiger partial charge on any atom is 0.124 e. The molecular formula is C14H21NOS. The predicted molar refractivity (Wildman–Crippen MR) is 74.9 cm³/mol. The highest BCUT2D eigenvalue weighted by molar-refractivity contribution is 7.99. The van der Waals surface area contributed by atoms with Gasteiger partial charge >= 0.3 is 0 Å².